The van der Waals surface area contributed by atoms with Crippen molar-refractivity contribution in [3.63, 3.8) is 0 Å². The van der Waals surface area contributed by atoms with Gasteiger partial charge in [-0.1, -0.05) is 41.3 Å². The van der Waals surface area contributed by atoms with E-state index in [0.717, 1.165) is 25.7 Å². The van der Waals surface area contributed by atoms with Gasteiger partial charge in [-0.2, -0.15) is 0 Å². The Morgan fingerprint density at radius 3 is 2.26 bits per heavy atom. The number of carbonyl (C=O) groups is 2. The minimum absolute atomic E-state index is 0.0122. The molecule has 188 valence electrons. The molecule has 0 spiro atoms. The van der Waals surface area contributed by atoms with Crippen LogP contribution in [-0.4, -0.2) is 45.9 Å². The van der Waals surface area contributed by atoms with E-state index in [2.05, 4.69) is 5.16 Å². The quantitative estimate of drug-likeness (QED) is 0.412. The van der Waals surface area contributed by atoms with Gasteiger partial charge in [-0.25, -0.2) is 9.59 Å². The average Bonchev–Trinajstić information content (AvgIpc) is 3.23. The molecule has 5 rings (SSSR count). The van der Waals surface area contributed by atoms with Crippen molar-refractivity contribution in [2.75, 3.05) is 0 Å². The number of piperidine rings is 1. The van der Waals surface area contributed by atoms with E-state index in [1.165, 1.54) is 0 Å². The molecule has 0 N–H and O–H groups in total. The van der Waals surface area contributed by atoms with E-state index in [1.807, 2.05) is 32.6 Å². The number of aromatic nitrogens is 1. The third-order valence-electron chi connectivity index (χ3n) is 7.21. The molecule has 1 aliphatic carbocycles. The van der Waals surface area contributed by atoms with Crippen LogP contribution in [0, 0.1) is 0 Å². The molecule has 0 radical (unpaired) electrons. The Hall–Kier alpha value is -2.25. The van der Waals surface area contributed by atoms with Crippen LogP contribution in [0.3, 0.4) is 0 Å². The van der Waals surface area contributed by atoms with Crippen LogP contribution in [0.15, 0.2) is 22.7 Å². The Bertz CT molecular complexity index is 1130. The summed E-state index contributed by atoms with van der Waals surface area (Å²) in [6, 6.07) is 5.12. The van der Waals surface area contributed by atoms with Crippen LogP contribution in [0.5, 0.6) is 0 Å². The minimum atomic E-state index is -0.556. The first-order chi connectivity index (χ1) is 16.5. The summed E-state index contributed by atoms with van der Waals surface area (Å²) in [6.45, 7) is 7.63. The molecule has 7 nitrogen and oxygen atoms in total. The Labute approximate surface area is 215 Å². The van der Waals surface area contributed by atoms with Crippen LogP contribution >= 0.6 is 23.2 Å². The molecule has 35 heavy (non-hydrogen) atoms. The molecule has 2 aromatic rings. The molecule has 3 heterocycles. The number of nitrogens with zero attached hydrogens (tertiary/aromatic N) is 2. The number of benzene rings is 1. The number of fused-ring (bicyclic) bond motifs is 2. The average molecular weight is 521 g/mol. The molecule has 3 fully saturated rings. The van der Waals surface area contributed by atoms with Crippen LogP contribution in [0.4, 0.5) is 4.79 Å². The summed E-state index contributed by atoms with van der Waals surface area (Å²) < 4.78 is 17.4. The molecule has 1 aromatic heterocycles. The number of rotatable bonds is 4. The molecule has 1 saturated carbocycles. The molecule has 1 aromatic carbocycles. The van der Waals surface area contributed by atoms with Gasteiger partial charge in [0.15, 0.2) is 5.76 Å². The zero-order chi connectivity index (χ0) is 25.1. The lowest BCUT2D eigenvalue weighted by atomic mass is 9.97. The van der Waals surface area contributed by atoms with Gasteiger partial charge in [-0.15, -0.1) is 0 Å². The van der Waals surface area contributed by atoms with Gasteiger partial charge in [0.25, 0.3) is 0 Å². The Balaban J connectivity index is 1.39. The predicted molar refractivity (Wildman–Crippen MR) is 132 cm³/mol. The van der Waals surface area contributed by atoms with Gasteiger partial charge in [0.1, 0.15) is 23.0 Å². The maximum Gasteiger partial charge on any atom is 0.410 e. The van der Waals surface area contributed by atoms with Gasteiger partial charge >= 0.3 is 12.1 Å². The van der Waals surface area contributed by atoms with E-state index in [1.54, 1.807) is 18.2 Å². The second-order valence-electron chi connectivity index (χ2n) is 11.2. The Morgan fingerprint density at radius 1 is 1.11 bits per heavy atom. The third kappa shape index (κ3) is 4.65. The van der Waals surface area contributed by atoms with Crippen molar-refractivity contribution in [3.05, 3.63) is 39.6 Å². The second kappa shape index (κ2) is 8.70. The van der Waals surface area contributed by atoms with E-state index in [-0.39, 0.29) is 29.7 Å². The number of halogens is 2. The SMILES string of the molecule is CC(C)(C)OC(=O)N1C2CCC1CC(OC(=O)c1c(-c3c(Cl)cccc3Cl)noc1C1(C)CC1)C2. The topological polar surface area (TPSA) is 81.9 Å². The standard InChI is InChI=1S/C26H30Cl2N2O5/c1-25(2,3)34-24(32)30-14-8-9-15(30)13-16(12-14)33-23(31)20-21(19-17(27)6-5-7-18(19)28)29-35-22(20)26(4)10-11-26/h5-7,14-16H,8-13H2,1-4H3. The summed E-state index contributed by atoms with van der Waals surface area (Å²) in [7, 11) is 0. The molecule has 3 aliphatic rings. The van der Waals surface area contributed by atoms with Crippen molar-refractivity contribution in [1.29, 1.82) is 0 Å². The lowest BCUT2D eigenvalue weighted by Gasteiger charge is -2.39. The number of esters is 1. The maximum atomic E-state index is 13.6. The zero-order valence-corrected chi connectivity index (χ0v) is 21.9. The van der Waals surface area contributed by atoms with Crippen LogP contribution in [-0.2, 0) is 14.9 Å². The molecule has 2 atom stereocenters. The smallest absolute Gasteiger partial charge is 0.410 e. The van der Waals surface area contributed by atoms with Crippen molar-refractivity contribution in [3.8, 4) is 11.3 Å². The Kier molecular flexibility index (Phi) is 6.07. The highest BCUT2D eigenvalue weighted by atomic mass is 35.5. The molecule has 2 bridgehead atoms. The van der Waals surface area contributed by atoms with Crippen LogP contribution in [0.2, 0.25) is 10.0 Å². The first-order valence-electron chi connectivity index (χ1n) is 12.1. The third-order valence-corrected chi connectivity index (χ3v) is 7.84. The first-order valence-corrected chi connectivity index (χ1v) is 12.9. The molecule has 2 unspecified atom stereocenters. The lowest BCUT2D eigenvalue weighted by molar-refractivity contribution is -0.0227. The summed E-state index contributed by atoms with van der Waals surface area (Å²) in [5, 5.41) is 5.00. The molecular formula is C26H30Cl2N2O5. The predicted octanol–water partition coefficient (Wildman–Crippen LogP) is 6.79. The van der Waals surface area contributed by atoms with Crippen molar-refractivity contribution in [1.82, 2.24) is 10.1 Å². The van der Waals surface area contributed by atoms with Gasteiger partial charge in [-0.3, -0.25) is 0 Å². The van der Waals surface area contributed by atoms with Crippen molar-refractivity contribution >= 4 is 35.3 Å². The van der Waals surface area contributed by atoms with Gasteiger partial charge in [0, 0.05) is 35.9 Å². The number of amides is 1. The molecule has 9 heteroatoms. The van der Waals surface area contributed by atoms with Gasteiger partial charge < -0.3 is 18.9 Å². The molecule has 1 amide bonds. The molecule has 2 saturated heterocycles. The summed E-state index contributed by atoms with van der Waals surface area (Å²) in [4.78, 5) is 28.2. The fraction of sp³-hybridized carbons (Fsp3) is 0.577. The van der Waals surface area contributed by atoms with E-state index in [9.17, 15) is 9.59 Å². The van der Waals surface area contributed by atoms with Crippen LogP contribution in [0.1, 0.15) is 82.3 Å². The van der Waals surface area contributed by atoms with Gasteiger partial charge in [0.05, 0.1) is 10.0 Å². The van der Waals surface area contributed by atoms with E-state index >= 15 is 0 Å². The fourth-order valence-corrected chi connectivity index (χ4v) is 5.82. The summed E-state index contributed by atoms with van der Waals surface area (Å²) >= 11 is 12.9. The normalized spacial score (nSPS) is 24.9. The highest BCUT2D eigenvalue weighted by Gasteiger charge is 2.49. The summed E-state index contributed by atoms with van der Waals surface area (Å²) in [5.41, 5.74) is 0.248. The fourth-order valence-electron chi connectivity index (χ4n) is 5.25. The number of hydrogen-bond acceptors (Lipinski definition) is 6. The van der Waals surface area contributed by atoms with Crippen LogP contribution < -0.4 is 0 Å². The number of ether oxygens (including phenoxy) is 2. The van der Waals surface area contributed by atoms with Crippen molar-refractivity contribution in [2.45, 2.75) is 95.4 Å². The monoisotopic (exact) mass is 520 g/mol. The number of hydrogen-bond donors (Lipinski definition) is 0. The highest BCUT2D eigenvalue weighted by molar-refractivity contribution is 6.39. The van der Waals surface area contributed by atoms with E-state index < -0.39 is 11.6 Å². The molecular weight excluding hydrogens is 491 g/mol. The van der Waals surface area contributed by atoms with Gasteiger partial charge in [0.2, 0.25) is 0 Å². The van der Waals surface area contributed by atoms with Crippen molar-refractivity contribution in [2.24, 2.45) is 0 Å². The largest absolute Gasteiger partial charge is 0.458 e. The maximum absolute atomic E-state index is 13.6. The highest BCUT2D eigenvalue weighted by Crippen LogP contribution is 2.51. The Morgan fingerprint density at radius 2 is 1.71 bits per heavy atom. The second-order valence-corrected chi connectivity index (χ2v) is 12.0. The molecule has 2 aliphatic heterocycles. The van der Waals surface area contributed by atoms with E-state index in [0.29, 0.717) is 45.5 Å². The van der Waals surface area contributed by atoms with Crippen molar-refractivity contribution < 1.29 is 23.6 Å². The zero-order valence-electron chi connectivity index (χ0n) is 20.4. The summed E-state index contributed by atoms with van der Waals surface area (Å²) in [5.74, 6) is 0.0260. The van der Waals surface area contributed by atoms with E-state index in [4.69, 9.17) is 37.2 Å². The summed E-state index contributed by atoms with van der Waals surface area (Å²) in [6.07, 6.45) is 4.07. The number of carbonyl (C=O) groups excluding carboxylic acids is 2. The van der Waals surface area contributed by atoms with Gasteiger partial charge in [-0.05, 0) is 58.6 Å². The minimum Gasteiger partial charge on any atom is -0.458 e. The first kappa shape index (κ1) is 24.4. The lowest BCUT2D eigenvalue weighted by Crippen LogP contribution is -2.50. The van der Waals surface area contributed by atoms with Crippen LogP contribution in [0.25, 0.3) is 11.3 Å².